The molecule has 2 saturated heterocycles. The van der Waals surface area contributed by atoms with Gasteiger partial charge >= 0.3 is 12.1 Å². The molecule has 1 aromatic carbocycles. The van der Waals surface area contributed by atoms with E-state index >= 15 is 0 Å². The second-order valence-electron chi connectivity index (χ2n) is 7.19. The molecule has 6 nitrogen and oxygen atoms in total. The monoisotopic (exact) mass is 420 g/mol. The highest BCUT2D eigenvalue weighted by molar-refractivity contribution is 5.76. The minimum Gasteiger partial charge on any atom is -0.475 e. The molecule has 1 amide bonds. The van der Waals surface area contributed by atoms with Crippen LogP contribution in [0.25, 0.3) is 0 Å². The first-order valence-electron chi connectivity index (χ1n) is 9.13. The van der Waals surface area contributed by atoms with Gasteiger partial charge in [0.25, 0.3) is 0 Å². The fourth-order valence-corrected chi connectivity index (χ4v) is 3.66. The van der Waals surface area contributed by atoms with E-state index in [-0.39, 0.29) is 11.7 Å². The van der Waals surface area contributed by atoms with Crippen molar-refractivity contribution in [3.8, 4) is 0 Å². The number of amides is 1. The number of carbonyl (C=O) groups excluding carboxylic acids is 1. The van der Waals surface area contributed by atoms with Crippen LogP contribution in [0.1, 0.15) is 12.0 Å². The van der Waals surface area contributed by atoms with Gasteiger partial charge < -0.3 is 14.7 Å². The van der Waals surface area contributed by atoms with Crippen molar-refractivity contribution in [2.45, 2.75) is 19.1 Å². The third-order valence-electron chi connectivity index (χ3n) is 4.97. The molecule has 0 aliphatic carbocycles. The van der Waals surface area contributed by atoms with E-state index in [4.69, 9.17) is 14.6 Å². The molecule has 29 heavy (non-hydrogen) atoms. The van der Waals surface area contributed by atoms with Crippen molar-refractivity contribution < 1.29 is 37.0 Å². The Hall–Kier alpha value is -2.20. The molecular formula is C19H24F4N2O4. The van der Waals surface area contributed by atoms with Crippen molar-refractivity contribution in [1.82, 2.24) is 9.80 Å². The number of aliphatic carboxylic acids is 1. The minimum atomic E-state index is -5.08. The quantitative estimate of drug-likeness (QED) is 0.741. The van der Waals surface area contributed by atoms with Crippen LogP contribution in [-0.4, -0.2) is 72.9 Å². The van der Waals surface area contributed by atoms with Gasteiger partial charge in [-0.25, -0.2) is 9.18 Å². The molecule has 3 rings (SSSR count). The van der Waals surface area contributed by atoms with Crippen LogP contribution in [0.5, 0.6) is 0 Å². The molecule has 0 spiro atoms. The van der Waals surface area contributed by atoms with Gasteiger partial charge in [0.15, 0.2) is 0 Å². The van der Waals surface area contributed by atoms with Crippen molar-refractivity contribution in [3.63, 3.8) is 0 Å². The maximum atomic E-state index is 13.2. The van der Waals surface area contributed by atoms with Gasteiger partial charge in [0.05, 0.1) is 13.0 Å². The molecule has 1 aromatic rings. The molecule has 162 valence electrons. The molecule has 2 fully saturated rings. The van der Waals surface area contributed by atoms with Gasteiger partial charge in [-0.15, -0.1) is 0 Å². The summed E-state index contributed by atoms with van der Waals surface area (Å²) in [6.45, 7) is 4.99. The number of ether oxygens (including phenoxy) is 1. The van der Waals surface area contributed by atoms with Crippen molar-refractivity contribution in [2.24, 2.45) is 11.8 Å². The third-order valence-corrected chi connectivity index (χ3v) is 4.97. The number of methoxy groups -OCH3 is 1. The van der Waals surface area contributed by atoms with Crippen molar-refractivity contribution in [3.05, 3.63) is 35.6 Å². The SMILES string of the molecule is COCCC(=O)N1CC2CN(Cc3cccc(F)c3)CC2C1.O=C(O)C(F)(F)F. The van der Waals surface area contributed by atoms with Gasteiger partial charge in [-0.1, -0.05) is 12.1 Å². The van der Waals surface area contributed by atoms with E-state index in [2.05, 4.69) is 4.90 Å². The van der Waals surface area contributed by atoms with E-state index in [1.54, 1.807) is 19.2 Å². The van der Waals surface area contributed by atoms with Gasteiger partial charge in [0.1, 0.15) is 5.82 Å². The third kappa shape index (κ3) is 6.97. The molecule has 2 atom stereocenters. The lowest BCUT2D eigenvalue weighted by Gasteiger charge is -2.21. The maximum Gasteiger partial charge on any atom is 0.490 e. The fourth-order valence-electron chi connectivity index (χ4n) is 3.66. The number of hydrogen-bond acceptors (Lipinski definition) is 4. The number of fused-ring (bicyclic) bond motifs is 1. The Morgan fingerprint density at radius 1 is 1.17 bits per heavy atom. The van der Waals surface area contributed by atoms with E-state index in [1.807, 2.05) is 11.0 Å². The van der Waals surface area contributed by atoms with Gasteiger partial charge in [-0.05, 0) is 29.5 Å². The van der Waals surface area contributed by atoms with Crippen LogP contribution >= 0.6 is 0 Å². The van der Waals surface area contributed by atoms with Gasteiger partial charge in [-0.3, -0.25) is 9.69 Å². The number of carboxylic acid groups (broad SMARTS) is 1. The highest BCUT2D eigenvalue weighted by Crippen LogP contribution is 2.32. The summed E-state index contributed by atoms with van der Waals surface area (Å²) in [7, 11) is 1.62. The van der Waals surface area contributed by atoms with Gasteiger partial charge in [-0.2, -0.15) is 13.2 Å². The van der Waals surface area contributed by atoms with E-state index in [9.17, 15) is 22.4 Å². The van der Waals surface area contributed by atoms with Gasteiger partial charge in [0, 0.05) is 39.8 Å². The molecule has 2 heterocycles. The Balaban J connectivity index is 0.000000370. The maximum absolute atomic E-state index is 13.2. The molecule has 0 saturated carbocycles. The second-order valence-corrected chi connectivity index (χ2v) is 7.19. The predicted molar refractivity (Wildman–Crippen MR) is 95.4 cm³/mol. The number of hydrogen-bond donors (Lipinski definition) is 1. The molecule has 2 aliphatic heterocycles. The number of benzene rings is 1. The largest absolute Gasteiger partial charge is 0.490 e. The van der Waals surface area contributed by atoms with Crippen molar-refractivity contribution >= 4 is 11.9 Å². The summed E-state index contributed by atoms with van der Waals surface area (Å²) in [5.41, 5.74) is 1.02. The summed E-state index contributed by atoms with van der Waals surface area (Å²) in [6, 6.07) is 6.82. The molecule has 1 N–H and O–H groups in total. The highest BCUT2D eigenvalue weighted by Gasteiger charge is 2.41. The summed E-state index contributed by atoms with van der Waals surface area (Å²) in [4.78, 5) is 25.3. The average Bonchev–Trinajstić information content (AvgIpc) is 3.18. The molecule has 2 unspecified atom stereocenters. The van der Waals surface area contributed by atoms with Crippen LogP contribution in [0.4, 0.5) is 17.6 Å². The number of carboxylic acids is 1. The Morgan fingerprint density at radius 3 is 2.24 bits per heavy atom. The van der Waals surface area contributed by atoms with Gasteiger partial charge in [0.2, 0.25) is 5.91 Å². The summed E-state index contributed by atoms with van der Waals surface area (Å²) < 4.78 is 49.9. The zero-order valence-corrected chi connectivity index (χ0v) is 16.0. The number of likely N-dealkylation sites (tertiary alicyclic amines) is 2. The summed E-state index contributed by atoms with van der Waals surface area (Å²) in [5, 5.41) is 7.12. The number of nitrogens with zero attached hydrogens (tertiary/aromatic N) is 2. The normalized spacial score (nSPS) is 21.5. The Bertz CT molecular complexity index is 700. The zero-order valence-electron chi connectivity index (χ0n) is 16.0. The number of rotatable bonds is 5. The summed E-state index contributed by atoms with van der Waals surface area (Å²) >= 11 is 0. The lowest BCUT2D eigenvalue weighted by Crippen LogP contribution is -2.33. The van der Waals surface area contributed by atoms with Crippen molar-refractivity contribution in [2.75, 3.05) is 39.9 Å². The topological polar surface area (TPSA) is 70.1 Å². The van der Waals surface area contributed by atoms with Crippen LogP contribution < -0.4 is 0 Å². The minimum absolute atomic E-state index is 0.174. The van der Waals surface area contributed by atoms with Crippen LogP contribution in [0.2, 0.25) is 0 Å². The lowest BCUT2D eigenvalue weighted by molar-refractivity contribution is -0.192. The zero-order chi connectivity index (χ0) is 21.6. The van der Waals surface area contributed by atoms with E-state index in [1.165, 1.54) is 6.07 Å². The van der Waals surface area contributed by atoms with Crippen molar-refractivity contribution in [1.29, 1.82) is 0 Å². The lowest BCUT2D eigenvalue weighted by atomic mass is 10.0. The number of carbonyl (C=O) groups is 2. The Kier molecular flexibility index (Phi) is 7.97. The predicted octanol–water partition coefficient (Wildman–Crippen LogP) is 2.39. The standard InChI is InChI=1S/C17H23FN2O2.C2HF3O2/c1-22-6-5-17(21)20-11-14-9-19(10-15(14)12-20)8-13-3-2-4-16(18)7-13;3-2(4,5)1(6)7/h2-4,7,14-15H,5-6,8-12H2,1H3;(H,6,7). The Morgan fingerprint density at radius 2 is 1.76 bits per heavy atom. The van der Waals surface area contributed by atoms with Crippen LogP contribution in [-0.2, 0) is 20.9 Å². The number of alkyl halides is 3. The second kappa shape index (κ2) is 10.0. The molecular weight excluding hydrogens is 396 g/mol. The fraction of sp³-hybridized carbons (Fsp3) is 0.579. The summed E-state index contributed by atoms with van der Waals surface area (Å²) in [6.07, 6.45) is -4.61. The van der Waals surface area contributed by atoms with Crippen LogP contribution in [0, 0.1) is 17.7 Å². The average molecular weight is 420 g/mol. The van der Waals surface area contributed by atoms with E-state index in [0.717, 1.165) is 38.3 Å². The summed E-state index contributed by atoms with van der Waals surface area (Å²) in [5.74, 6) is -1.62. The number of halogens is 4. The molecule has 0 aromatic heterocycles. The first-order valence-corrected chi connectivity index (χ1v) is 9.13. The van der Waals surface area contributed by atoms with E-state index in [0.29, 0.717) is 24.9 Å². The molecule has 2 aliphatic rings. The molecule has 10 heteroatoms. The van der Waals surface area contributed by atoms with Crippen LogP contribution in [0.3, 0.4) is 0 Å². The first-order chi connectivity index (χ1) is 13.6. The Labute approximate surface area is 166 Å². The van der Waals surface area contributed by atoms with Crippen LogP contribution in [0.15, 0.2) is 24.3 Å². The molecule has 0 bridgehead atoms. The van der Waals surface area contributed by atoms with E-state index < -0.39 is 12.1 Å². The highest BCUT2D eigenvalue weighted by atomic mass is 19.4. The first kappa shape index (κ1) is 23.1. The molecule has 0 radical (unpaired) electrons. The smallest absolute Gasteiger partial charge is 0.475 e.